The van der Waals surface area contributed by atoms with Gasteiger partial charge in [0.25, 0.3) is 0 Å². The van der Waals surface area contributed by atoms with E-state index in [0.29, 0.717) is 6.04 Å². The number of methoxy groups -OCH3 is 1. The van der Waals surface area contributed by atoms with Gasteiger partial charge in [-0.05, 0) is 33.2 Å². The van der Waals surface area contributed by atoms with Crippen molar-refractivity contribution in [3.63, 3.8) is 0 Å². The van der Waals surface area contributed by atoms with Crippen molar-refractivity contribution >= 4 is 12.4 Å². The molecule has 5 nitrogen and oxygen atoms in total. The van der Waals surface area contributed by atoms with Crippen LogP contribution in [0.3, 0.4) is 0 Å². The Morgan fingerprint density at radius 1 is 1.40 bits per heavy atom. The zero-order valence-electron chi connectivity index (χ0n) is 12.6. The third-order valence-corrected chi connectivity index (χ3v) is 4.25. The van der Waals surface area contributed by atoms with Crippen LogP contribution in [0.15, 0.2) is 4.52 Å². The molecule has 0 spiro atoms. The van der Waals surface area contributed by atoms with Gasteiger partial charge in [-0.3, -0.25) is 0 Å². The zero-order valence-corrected chi connectivity index (χ0v) is 13.5. The molecule has 1 aromatic rings. The molecule has 0 amide bonds. The Bertz CT molecular complexity index is 392. The summed E-state index contributed by atoms with van der Waals surface area (Å²) in [5, 5.41) is 7.33. The molecule has 1 N–H and O–H groups in total. The molecule has 0 radical (unpaired) electrons. The van der Waals surface area contributed by atoms with Crippen LogP contribution >= 0.6 is 12.4 Å². The summed E-state index contributed by atoms with van der Waals surface area (Å²) < 4.78 is 10.8. The molecule has 116 valence electrons. The summed E-state index contributed by atoms with van der Waals surface area (Å²) in [6.45, 7) is 2.87. The van der Waals surface area contributed by atoms with Crippen LogP contribution in [-0.4, -0.2) is 36.9 Å². The smallest absolute Gasteiger partial charge is 0.232 e. The van der Waals surface area contributed by atoms with E-state index in [0.717, 1.165) is 44.0 Å². The number of nitrogens with zero attached hydrogens (tertiary/aromatic N) is 2. The van der Waals surface area contributed by atoms with E-state index in [1.165, 1.54) is 12.8 Å². The van der Waals surface area contributed by atoms with Crippen molar-refractivity contribution in [1.29, 1.82) is 0 Å². The highest BCUT2D eigenvalue weighted by molar-refractivity contribution is 5.85. The molecule has 1 aliphatic rings. The van der Waals surface area contributed by atoms with Gasteiger partial charge in [0.15, 0.2) is 5.82 Å². The van der Waals surface area contributed by atoms with E-state index in [9.17, 15) is 0 Å². The molecule has 1 saturated carbocycles. The van der Waals surface area contributed by atoms with Crippen LogP contribution in [-0.2, 0) is 16.6 Å². The maximum Gasteiger partial charge on any atom is 0.232 e. The second-order valence-corrected chi connectivity index (χ2v) is 5.64. The fourth-order valence-electron chi connectivity index (χ4n) is 2.85. The first-order valence-corrected chi connectivity index (χ1v) is 7.19. The molecular weight excluding hydrogens is 278 g/mol. The minimum Gasteiger partial charge on any atom is -0.385 e. The van der Waals surface area contributed by atoms with Crippen LogP contribution in [0.2, 0.25) is 0 Å². The first kappa shape index (κ1) is 17.4. The Hall–Kier alpha value is -0.650. The topological polar surface area (TPSA) is 60.2 Å². The van der Waals surface area contributed by atoms with E-state index in [1.54, 1.807) is 7.11 Å². The number of aromatic nitrogens is 2. The van der Waals surface area contributed by atoms with E-state index >= 15 is 0 Å². The largest absolute Gasteiger partial charge is 0.385 e. The predicted octanol–water partition coefficient (Wildman–Crippen LogP) is 2.49. The summed E-state index contributed by atoms with van der Waals surface area (Å²) in [4.78, 5) is 4.63. The third-order valence-electron chi connectivity index (χ3n) is 4.25. The summed E-state index contributed by atoms with van der Waals surface area (Å²) in [6, 6.07) is 0.365. The molecule has 1 unspecified atom stereocenters. The van der Waals surface area contributed by atoms with Crippen molar-refractivity contribution in [1.82, 2.24) is 15.5 Å². The number of ether oxygens (including phenoxy) is 1. The van der Waals surface area contributed by atoms with Gasteiger partial charge >= 0.3 is 0 Å². The molecule has 1 atom stereocenters. The molecule has 1 heterocycles. The van der Waals surface area contributed by atoms with Crippen molar-refractivity contribution < 1.29 is 9.26 Å². The summed E-state index contributed by atoms with van der Waals surface area (Å²) in [7, 11) is 3.69. The Balaban J connectivity index is 0.00000200. The average Bonchev–Trinajstić information content (AvgIpc) is 3.06. The fourth-order valence-corrected chi connectivity index (χ4v) is 2.85. The maximum atomic E-state index is 5.55. The monoisotopic (exact) mass is 303 g/mol. The van der Waals surface area contributed by atoms with Crippen molar-refractivity contribution in [2.75, 3.05) is 20.8 Å². The van der Waals surface area contributed by atoms with Gasteiger partial charge in [0.1, 0.15) is 0 Å². The van der Waals surface area contributed by atoms with Gasteiger partial charge in [-0.2, -0.15) is 4.98 Å². The van der Waals surface area contributed by atoms with E-state index in [2.05, 4.69) is 22.4 Å². The zero-order chi connectivity index (χ0) is 13.7. The van der Waals surface area contributed by atoms with E-state index in [-0.39, 0.29) is 17.8 Å². The second kappa shape index (κ2) is 7.96. The predicted molar refractivity (Wildman–Crippen MR) is 80.4 cm³/mol. The highest BCUT2D eigenvalue weighted by atomic mass is 35.5. The quantitative estimate of drug-likeness (QED) is 0.838. The maximum absolute atomic E-state index is 5.55. The van der Waals surface area contributed by atoms with Gasteiger partial charge in [0, 0.05) is 26.2 Å². The number of nitrogens with one attached hydrogen (secondary N) is 1. The first-order chi connectivity index (χ1) is 9.20. The Kier molecular flexibility index (Phi) is 6.92. The Morgan fingerprint density at radius 3 is 2.70 bits per heavy atom. The number of likely N-dealkylation sites (N-methyl/N-ethyl adjacent to an activating group) is 1. The van der Waals surface area contributed by atoms with Crippen molar-refractivity contribution in [3.8, 4) is 0 Å². The van der Waals surface area contributed by atoms with E-state index < -0.39 is 0 Å². The van der Waals surface area contributed by atoms with Gasteiger partial charge in [0.05, 0.1) is 5.41 Å². The van der Waals surface area contributed by atoms with E-state index in [4.69, 9.17) is 9.26 Å². The summed E-state index contributed by atoms with van der Waals surface area (Å²) in [5.74, 6) is 1.63. The highest BCUT2D eigenvalue weighted by Gasteiger charge is 2.40. The van der Waals surface area contributed by atoms with Crippen molar-refractivity contribution in [2.24, 2.45) is 0 Å². The van der Waals surface area contributed by atoms with Crippen molar-refractivity contribution in [2.45, 2.75) is 56.9 Å². The third kappa shape index (κ3) is 3.93. The molecule has 6 heteroatoms. The van der Waals surface area contributed by atoms with Gasteiger partial charge < -0.3 is 14.6 Å². The highest BCUT2D eigenvalue weighted by Crippen LogP contribution is 2.43. The van der Waals surface area contributed by atoms with Gasteiger partial charge in [-0.1, -0.05) is 18.0 Å². The number of hydrogen-bond acceptors (Lipinski definition) is 5. The van der Waals surface area contributed by atoms with Gasteiger partial charge in [0.2, 0.25) is 5.89 Å². The Labute approximate surface area is 127 Å². The standard InChI is InChI=1S/C14H25N3O2.ClH/c1-11(15-2)10-12-16-13(19-17-12)14(8-9-18-3)6-4-5-7-14;/h11,15H,4-10H2,1-3H3;1H. The van der Waals surface area contributed by atoms with E-state index in [1.807, 2.05) is 7.05 Å². The number of hydrogen-bond donors (Lipinski definition) is 1. The SMILES string of the molecule is CNC(C)Cc1noc(C2(CCOC)CCCC2)n1.Cl. The van der Waals surface area contributed by atoms with Crippen LogP contribution in [0.5, 0.6) is 0 Å². The lowest BCUT2D eigenvalue weighted by Gasteiger charge is -2.23. The molecule has 0 aromatic carbocycles. The van der Waals surface area contributed by atoms with Crippen molar-refractivity contribution in [3.05, 3.63) is 11.7 Å². The van der Waals surface area contributed by atoms with Gasteiger partial charge in [-0.15, -0.1) is 12.4 Å². The lowest BCUT2D eigenvalue weighted by atomic mass is 9.83. The molecule has 1 aliphatic carbocycles. The number of rotatable bonds is 7. The van der Waals surface area contributed by atoms with Crippen LogP contribution in [0.25, 0.3) is 0 Å². The molecular formula is C14H26ClN3O2. The molecule has 0 bridgehead atoms. The van der Waals surface area contributed by atoms with Crippen LogP contribution in [0.1, 0.15) is 50.7 Å². The van der Waals surface area contributed by atoms with Crippen LogP contribution in [0, 0.1) is 0 Å². The minimum atomic E-state index is 0. The number of halogens is 1. The summed E-state index contributed by atoms with van der Waals surface area (Å²) in [6.07, 6.45) is 6.55. The summed E-state index contributed by atoms with van der Waals surface area (Å²) >= 11 is 0. The lowest BCUT2D eigenvalue weighted by Crippen LogP contribution is -2.26. The fraction of sp³-hybridized carbons (Fsp3) is 0.857. The minimum absolute atomic E-state index is 0. The average molecular weight is 304 g/mol. The molecule has 0 saturated heterocycles. The summed E-state index contributed by atoms with van der Waals surface area (Å²) in [5.41, 5.74) is 0.0597. The molecule has 20 heavy (non-hydrogen) atoms. The van der Waals surface area contributed by atoms with Crippen LogP contribution < -0.4 is 5.32 Å². The normalized spacial score (nSPS) is 18.8. The van der Waals surface area contributed by atoms with Gasteiger partial charge in [-0.25, -0.2) is 0 Å². The van der Waals surface area contributed by atoms with Crippen LogP contribution in [0.4, 0.5) is 0 Å². The lowest BCUT2D eigenvalue weighted by molar-refractivity contribution is 0.152. The first-order valence-electron chi connectivity index (χ1n) is 7.19. The molecule has 2 rings (SSSR count). The molecule has 1 fully saturated rings. The second-order valence-electron chi connectivity index (χ2n) is 5.64. The molecule has 0 aliphatic heterocycles. The Morgan fingerprint density at radius 2 is 2.10 bits per heavy atom. The molecule has 1 aromatic heterocycles.